The van der Waals surface area contributed by atoms with Crippen LogP contribution in [-0.4, -0.2) is 31.9 Å². The quantitative estimate of drug-likeness (QED) is 0.375. The Morgan fingerprint density at radius 2 is 1.91 bits per heavy atom. The Morgan fingerprint density at radius 1 is 1.14 bits per heavy atom. The van der Waals surface area contributed by atoms with Crippen molar-refractivity contribution in [3.05, 3.63) is 53.4 Å². The van der Waals surface area contributed by atoms with Crippen molar-refractivity contribution in [1.82, 2.24) is 24.8 Å². The Morgan fingerprint density at radius 3 is 2.57 bits per heavy atom. The van der Waals surface area contributed by atoms with Crippen LogP contribution in [0.25, 0.3) is 44.3 Å². The van der Waals surface area contributed by atoms with E-state index in [1.807, 2.05) is 58.9 Å². The fourth-order valence-corrected chi connectivity index (χ4v) is 4.48. The molecule has 2 N–H and O–H groups in total. The van der Waals surface area contributed by atoms with Gasteiger partial charge in [-0.15, -0.1) is 0 Å². The van der Waals surface area contributed by atoms with Crippen molar-refractivity contribution < 1.29 is 9.26 Å². The van der Waals surface area contributed by atoms with Gasteiger partial charge in [-0.25, -0.2) is 14.6 Å². The second-order valence-corrected chi connectivity index (χ2v) is 9.12. The van der Waals surface area contributed by atoms with Crippen LogP contribution in [0.3, 0.4) is 0 Å². The zero-order valence-corrected chi connectivity index (χ0v) is 20.5. The first kappa shape index (κ1) is 22.3. The molecule has 0 aliphatic carbocycles. The standard InChI is InChI=1S/C26H25N7O2/c1-13-22(14(2)35-32-13)18-10-19-17(11-20(18)34-6)23-24(30-15(3)31-25(23)33(19)28)16-7-8-29-21(9-16)26(4,5)12-27/h7-11H,28H2,1-6H3. The van der Waals surface area contributed by atoms with Crippen molar-refractivity contribution in [2.75, 3.05) is 13.0 Å². The van der Waals surface area contributed by atoms with Gasteiger partial charge in [0, 0.05) is 22.7 Å². The van der Waals surface area contributed by atoms with E-state index in [0.717, 1.165) is 38.7 Å². The van der Waals surface area contributed by atoms with E-state index in [4.69, 9.17) is 20.1 Å². The third-order valence-corrected chi connectivity index (χ3v) is 6.33. The van der Waals surface area contributed by atoms with Gasteiger partial charge in [0.25, 0.3) is 0 Å². The van der Waals surface area contributed by atoms with Gasteiger partial charge in [0.15, 0.2) is 5.65 Å². The number of benzene rings is 1. The number of aryl methyl sites for hydroxylation is 3. The SMILES string of the molecule is COc1cc2c3c(-c4ccnc(C(C)(C)C#N)c4)nc(C)nc3n(N)c2cc1-c1c(C)noc1C. The summed E-state index contributed by atoms with van der Waals surface area (Å²) in [5.74, 6) is 8.53. The van der Waals surface area contributed by atoms with Crippen LogP contribution in [0.15, 0.2) is 35.0 Å². The maximum Gasteiger partial charge on any atom is 0.163 e. The lowest BCUT2D eigenvalue weighted by Crippen LogP contribution is -2.15. The first-order valence-corrected chi connectivity index (χ1v) is 11.1. The number of fused-ring (bicyclic) bond motifs is 3. The highest BCUT2D eigenvalue weighted by Crippen LogP contribution is 2.42. The summed E-state index contributed by atoms with van der Waals surface area (Å²) >= 11 is 0. The first-order valence-electron chi connectivity index (χ1n) is 11.1. The summed E-state index contributed by atoms with van der Waals surface area (Å²) in [6.07, 6.45) is 1.70. The molecule has 0 spiro atoms. The van der Waals surface area contributed by atoms with E-state index in [1.165, 1.54) is 0 Å². The Kier molecular flexibility index (Phi) is 4.98. The number of nitrogens with zero attached hydrogens (tertiary/aromatic N) is 6. The summed E-state index contributed by atoms with van der Waals surface area (Å²) < 4.78 is 12.8. The molecule has 35 heavy (non-hydrogen) atoms. The Bertz CT molecular complexity index is 1650. The number of hydrogen-bond donors (Lipinski definition) is 1. The second-order valence-electron chi connectivity index (χ2n) is 9.12. The predicted molar refractivity (Wildman–Crippen MR) is 133 cm³/mol. The van der Waals surface area contributed by atoms with E-state index in [0.29, 0.717) is 34.4 Å². The van der Waals surface area contributed by atoms with Gasteiger partial charge in [-0.2, -0.15) is 5.26 Å². The molecule has 0 amide bonds. The lowest BCUT2D eigenvalue weighted by atomic mass is 9.89. The molecule has 4 heterocycles. The highest BCUT2D eigenvalue weighted by Gasteiger charge is 2.25. The van der Waals surface area contributed by atoms with Crippen molar-refractivity contribution in [2.24, 2.45) is 0 Å². The van der Waals surface area contributed by atoms with Gasteiger partial charge in [-0.1, -0.05) is 5.16 Å². The normalized spacial score (nSPS) is 11.8. The van der Waals surface area contributed by atoms with Crippen molar-refractivity contribution in [2.45, 2.75) is 40.0 Å². The van der Waals surface area contributed by atoms with Gasteiger partial charge in [0.05, 0.1) is 52.1 Å². The minimum absolute atomic E-state index is 0.581. The molecule has 0 aliphatic rings. The van der Waals surface area contributed by atoms with Crippen LogP contribution in [0, 0.1) is 32.1 Å². The van der Waals surface area contributed by atoms with Gasteiger partial charge in [-0.05, 0) is 58.9 Å². The molecule has 5 aromatic rings. The van der Waals surface area contributed by atoms with Crippen molar-refractivity contribution in [1.29, 1.82) is 5.26 Å². The van der Waals surface area contributed by atoms with E-state index in [-0.39, 0.29) is 0 Å². The molecule has 0 bridgehead atoms. The molecule has 0 unspecified atom stereocenters. The Hall–Kier alpha value is -4.45. The average molecular weight is 468 g/mol. The molecule has 1 aromatic carbocycles. The number of methoxy groups -OCH3 is 1. The van der Waals surface area contributed by atoms with E-state index < -0.39 is 5.41 Å². The number of nitriles is 1. The molecular weight excluding hydrogens is 442 g/mol. The van der Waals surface area contributed by atoms with Gasteiger partial charge >= 0.3 is 0 Å². The van der Waals surface area contributed by atoms with E-state index in [1.54, 1.807) is 18.0 Å². The van der Waals surface area contributed by atoms with Crippen LogP contribution in [-0.2, 0) is 5.41 Å². The molecule has 0 saturated heterocycles. The zero-order chi connectivity index (χ0) is 25.1. The molecular formula is C26H25N7O2. The summed E-state index contributed by atoms with van der Waals surface area (Å²) in [5, 5.41) is 15.3. The van der Waals surface area contributed by atoms with Crippen molar-refractivity contribution in [3.8, 4) is 34.2 Å². The lowest BCUT2D eigenvalue weighted by molar-refractivity contribution is 0.393. The number of nitrogens with two attached hydrogens (primary N) is 1. The topological polar surface area (TPSA) is 129 Å². The van der Waals surface area contributed by atoms with E-state index >= 15 is 0 Å². The first-order chi connectivity index (χ1) is 16.7. The minimum atomic E-state index is -0.745. The summed E-state index contributed by atoms with van der Waals surface area (Å²) in [7, 11) is 1.63. The fraction of sp³-hybridized carbons (Fsp3) is 0.269. The molecule has 0 aliphatic heterocycles. The van der Waals surface area contributed by atoms with Gasteiger partial charge in [0.1, 0.15) is 17.3 Å². The van der Waals surface area contributed by atoms with Gasteiger partial charge in [-0.3, -0.25) is 4.98 Å². The largest absolute Gasteiger partial charge is 0.496 e. The number of hydrogen-bond acceptors (Lipinski definition) is 8. The third-order valence-electron chi connectivity index (χ3n) is 6.33. The Labute approximate surface area is 202 Å². The summed E-state index contributed by atoms with van der Waals surface area (Å²) in [5.41, 5.74) is 5.29. The molecule has 4 aromatic heterocycles. The van der Waals surface area contributed by atoms with Crippen LogP contribution in [0.4, 0.5) is 0 Å². The van der Waals surface area contributed by atoms with Crippen LogP contribution in [0.5, 0.6) is 5.75 Å². The van der Waals surface area contributed by atoms with Crippen molar-refractivity contribution >= 4 is 21.9 Å². The average Bonchev–Trinajstić information content (AvgIpc) is 3.33. The second kappa shape index (κ2) is 7.81. The number of pyridine rings is 1. The maximum absolute atomic E-state index is 9.61. The number of aromatic nitrogens is 5. The molecule has 9 nitrogen and oxygen atoms in total. The van der Waals surface area contributed by atoms with Crippen molar-refractivity contribution in [3.63, 3.8) is 0 Å². The van der Waals surface area contributed by atoms with Crippen LogP contribution in [0.1, 0.15) is 36.8 Å². The maximum atomic E-state index is 9.61. The summed E-state index contributed by atoms with van der Waals surface area (Å²) in [6, 6.07) is 10.0. The smallest absolute Gasteiger partial charge is 0.163 e. The van der Waals surface area contributed by atoms with Crippen LogP contribution < -0.4 is 10.6 Å². The molecule has 0 atom stereocenters. The molecule has 0 fully saturated rings. The highest BCUT2D eigenvalue weighted by atomic mass is 16.5. The minimum Gasteiger partial charge on any atom is -0.496 e. The summed E-state index contributed by atoms with van der Waals surface area (Å²) in [4.78, 5) is 13.9. The van der Waals surface area contributed by atoms with Gasteiger partial charge < -0.3 is 15.1 Å². The third kappa shape index (κ3) is 3.37. The fourth-order valence-electron chi connectivity index (χ4n) is 4.48. The van der Waals surface area contributed by atoms with Crippen LogP contribution in [0.2, 0.25) is 0 Å². The molecule has 0 saturated carbocycles. The van der Waals surface area contributed by atoms with Crippen LogP contribution >= 0.6 is 0 Å². The highest BCUT2D eigenvalue weighted by molar-refractivity contribution is 6.14. The molecule has 5 rings (SSSR count). The monoisotopic (exact) mass is 467 g/mol. The molecule has 0 radical (unpaired) electrons. The van der Waals surface area contributed by atoms with Gasteiger partial charge in [0.2, 0.25) is 0 Å². The summed E-state index contributed by atoms with van der Waals surface area (Å²) in [6.45, 7) is 9.27. The van der Waals surface area contributed by atoms with E-state index in [9.17, 15) is 5.26 Å². The molecule has 9 heteroatoms. The Balaban J connectivity index is 1.86. The predicted octanol–water partition coefficient (Wildman–Crippen LogP) is 4.75. The lowest BCUT2D eigenvalue weighted by Gasteiger charge is -2.15. The number of ether oxygens (including phenoxy) is 1. The number of nitrogen functional groups attached to an aromatic ring is 1. The van der Waals surface area contributed by atoms with E-state index in [2.05, 4.69) is 21.2 Å². The number of rotatable bonds is 4. The zero-order valence-electron chi connectivity index (χ0n) is 20.5. The molecule has 176 valence electrons.